The summed E-state index contributed by atoms with van der Waals surface area (Å²) in [6, 6.07) is 4.40. The minimum atomic E-state index is -0.729. The highest BCUT2D eigenvalue weighted by Gasteiger charge is 2.31. The lowest BCUT2D eigenvalue weighted by atomic mass is 10.0. The summed E-state index contributed by atoms with van der Waals surface area (Å²) >= 11 is 5.94. The maximum absolute atomic E-state index is 13.7. The third kappa shape index (κ3) is 3.04. The molecule has 6 heteroatoms. The van der Waals surface area contributed by atoms with Crippen LogP contribution in [0.1, 0.15) is 25.8 Å². The Bertz CT molecular complexity index is 511. The van der Waals surface area contributed by atoms with Crippen molar-refractivity contribution in [2.75, 3.05) is 0 Å². The highest BCUT2D eigenvalue weighted by atomic mass is 35.5. The number of oxime groups is 1. The topological polar surface area (TPSA) is 50.7 Å². The van der Waals surface area contributed by atoms with Gasteiger partial charge in [0.15, 0.2) is 0 Å². The van der Waals surface area contributed by atoms with Crippen LogP contribution in [0.15, 0.2) is 23.4 Å². The largest absolute Gasteiger partial charge is 0.382 e. The summed E-state index contributed by atoms with van der Waals surface area (Å²) in [5.41, 5.74) is 0.552. The fraction of sp³-hybridized carbons (Fsp3) is 0.385. The van der Waals surface area contributed by atoms with Gasteiger partial charge in [0, 0.05) is 12.5 Å². The Morgan fingerprint density at radius 1 is 1.58 bits per heavy atom. The number of rotatable bonds is 3. The van der Waals surface area contributed by atoms with Gasteiger partial charge in [-0.15, -0.1) is 0 Å². The molecule has 0 unspecified atom stereocenters. The number of carbonyl (C=O) groups excluding carboxylic acids is 1. The molecule has 0 saturated carbocycles. The Morgan fingerprint density at radius 3 is 2.95 bits per heavy atom. The van der Waals surface area contributed by atoms with E-state index in [1.165, 1.54) is 12.1 Å². The first kappa shape index (κ1) is 13.8. The monoisotopic (exact) mass is 284 g/mol. The Balaban J connectivity index is 2.12. The van der Waals surface area contributed by atoms with E-state index in [1.54, 1.807) is 6.07 Å². The molecule has 1 amide bonds. The van der Waals surface area contributed by atoms with Crippen LogP contribution in [0.25, 0.3) is 0 Å². The summed E-state index contributed by atoms with van der Waals surface area (Å²) in [6.07, 6.45) is -0.521. The van der Waals surface area contributed by atoms with Crippen molar-refractivity contribution in [2.24, 2.45) is 5.16 Å². The molecule has 0 bridgehead atoms. The van der Waals surface area contributed by atoms with Gasteiger partial charge in [0.1, 0.15) is 5.82 Å². The van der Waals surface area contributed by atoms with Crippen molar-refractivity contribution in [1.29, 1.82) is 0 Å². The molecule has 0 aromatic heterocycles. The predicted molar refractivity (Wildman–Crippen MR) is 70.7 cm³/mol. The van der Waals surface area contributed by atoms with Gasteiger partial charge in [0.2, 0.25) is 6.10 Å². The SMILES string of the molecule is CC(C)NC(=O)[C@H]1CC(c2c(F)cccc2Cl)=NO1. The van der Waals surface area contributed by atoms with Crippen molar-refractivity contribution in [2.45, 2.75) is 32.4 Å². The van der Waals surface area contributed by atoms with Gasteiger partial charge >= 0.3 is 0 Å². The molecule has 1 atom stereocenters. The number of carbonyl (C=O) groups is 1. The van der Waals surface area contributed by atoms with E-state index in [0.29, 0.717) is 5.71 Å². The molecule has 1 N–H and O–H groups in total. The van der Waals surface area contributed by atoms with Crippen LogP contribution in [0.3, 0.4) is 0 Å². The van der Waals surface area contributed by atoms with Crippen molar-refractivity contribution >= 4 is 23.2 Å². The standard InChI is InChI=1S/C13H14ClFN2O2/c1-7(2)16-13(18)11-6-10(17-19-11)12-8(14)4-3-5-9(12)15/h3-5,7,11H,6H2,1-2H3,(H,16,18)/t11-/m1/s1. The van der Waals surface area contributed by atoms with Crippen molar-refractivity contribution in [3.05, 3.63) is 34.6 Å². The molecule has 1 heterocycles. The van der Waals surface area contributed by atoms with Crippen LogP contribution in [0, 0.1) is 5.82 Å². The molecule has 19 heavy (non-hydrogen) atoms. The Labute approximate surface area is 115 Å². The van der Waals surface area contributed by atoms with E-state index in [-0.39, 0.29) is 29.0 Å². The van der Waals surface area contributed by atoms with Gasteiger partial charge < -0.3 is 10.2 Å². The molecule has 102 valence electrons. The van der Waals surface area contributed by atoms with E-state index in [0.717, 1.165) is 0 Å². The molecule has 1 aromatic rings. The van der Waals surface area contributed by atoms with Crippen molar-refractivity contribution in [3.8, 4) is 0 Å². The second kappa shape index (κ2) is 5.57. The van der Waals surface area contributed by atoms with E-state index in [9.17, 15) is 9.18 Å². The second-order valence-electron chi connectivity index (χ2n) is 4.60. The molecule has 0 aliphatic carbocycles. The highest BCUT2D eigenvalue weighted by Crippen LogP contribution is 2.25. The van der Waals surface area contributed by atoms with Gasteiger partial charge in [-0.2, -0.15) is 0 Å². The van der Waals surface area contributed by atoms with Gasteiger partial charge in [-0.25, -0.2) is 4.39 Å². The van der Waals surface area contributed by atoms with Crippen LogP contribution in [0.2, 0.25) is 5.02 Å². The minimum absolute atomic E-state index is 0.0113. The quantitative estimate of drug-likeness (QED) is 0.927. The number of benzene rings is 1. The van der Waals surface area contributed by atoms with E-state index in [2.05, 4.69) is 10.5 Å². The van der Waals surface area contributed by atoms with Gasteiger partial charge in [0.25, 0.3) is 5.91 Å². The van der Waals surface area contributed by atoms with Crippen LogP contribution >= 0.6 is 11.6 Å². The summed E-state index contributed by atoms with van der Waals surface area (Å²) in [4.78, 5) is 16.8. The van der Waals surface area contributed by atoms with Crippen LogP contribution in [-0.4, -0.2) is 23.8 Å². The van der Waals surface area contributed by atoms with Crippen LogP contribution in [-0.2, 0) is 9.63 Å². The maximum Gasteiger partial charge on any atom is 0.264 e. The van der Waals surface area contributed by atoms with E-state index in [4.69, 9.17) is 16.4 Å². The Morgan fingerprint density at radius 2 is 2.32 bits per heavy atom. The third-order valence-corrected chi connectivity index (χ3v) is 2.96. The smallest absolute Gasteiger partial charge is 0.264 e. The molecule has 1 aliphatic rings. The lowest BCUT2D eigenvalue weighted by molar-refractivity contribution is -0.131. The van der Waals surface area contributed by atoms with E-state index >= 15 is 0 Å². The molecule has 0 spiro atoms. The minimum Gasteiger partial charge on any atom is -0.382 e. The van der Waals surface area contributed by atoms with Crippen LogP contribution in [0.5, 0.6) is 0 Å². The van der Waals surface area contributed by atoms with E-state index < -0.39 is 11.9 Å². The molecule has 1 aliphatic heterocycles. The molecular weight excluding hydrogens is 271 g/mol. The molecule has 0 fully saturated rings. The number of amides is 1. The van der Waals surface area contributed by atoms with Crippen molar-refractivity contribution in [1.82, 2.24) is 5.32 Å². The van der Waals surface area contributed by atoms with Gasteiger partial charge in [-0.05, 0) is 26.0 Å². The molecule has 1 aromatic carbocycles. The maximum atomic E-state index is 13.7. The molecule has 2 rings (SSSR count). The predicted octanol–water partition coefficient (Wildman–Crippen LogP) is 2.50. The molecular formula is C13H14ClFN2O2. The van der Waals surface area contributed by atoms with Crippen molar-refractivity contribution in [3.63, 3.8) is 0 Å². The van der Waals surface area contributed by atoms with Crippen LogP contribution in [0.4, 0.5) is 4.39 Å². The van der Waals surface area contributed by atoms with Gasteiger partial charge in [-0.1, -0.05) is 22.8 Å². The number of nitrogens with zero attached hydrogens (tertiary/aromatic N) is 1. The number of hydrogen-bond acceptors (Lipinski definition) is 3. The highest BCUT2D eigenvalue weighted by molar-refractivity contribution is 6.34. The number of halogens is 2. The first-order valence-corrected chi connectivity index (χ1v) is 6.34. The summed E-state index contributed by atoms with van der Waals surface area (Å²) in [5, 5.41) is 6.75. The molecule has 4 nitrogen and oxygen atoms in total. The molecule has 0 radical (unpaired) electrons. The fourth-order valence-corrected chi connectivity index (χ4v) is 2.09. The third-order valence-electron chi connectivity index (χ3n) is 2.64. The first-order chi connectivity index (χ1) is 8.99. The average molecular weight is 285 g/mol. The van der Waals surface area contributed by atoms with Crippen LogP contribution < -0.4 is 5.32 Å². The Kier molecular flexibility index (Phi) is 4.04. The number of nitrogens with one attached hydrogen (secondary N) is 1. The summed E-state index contributed by atoms with van der Waals surface area (Å²) in [5.74, 6) is -0.735. The summed E-state index contributed by atoms with van der Waals surface area (Å²) in [7, 11) is 0. The molecule has 0 saturated heterocycles. The van der Waals surface area contributed by atoms with E-state index in [1.807, 2.05) is 13.8 Å². The average Bonchev–Trinajstić information content (AvgIpc) is 2.77. The first-order valence-electron chi connectivity index (χ1n) is 5.96. The summed E-state index contributed by atoms with van der Waals surface area (Å²) < 4.78 is 13.7. The van der Waals surface area contributed by atoms with Gasteiger partial charge in [0.05, 0.1) is 16.3 Å². The second-order valence-corrected chi connectivity index (χ2v) is 5.00. The van der Waals surface area contributed by atoms with Gasteiger partial charge in [-0.3, -0.25) is 4.79 Å². The summed E-state index contributed by atoms with van der Waals surface area (Å²) in [6.45, 7) is 3.70. The fourth-order valence-electron chi connectivity index (χ4n) is 1.82. The Hall–Kier alpha value is -1.62. The normalized spacial score (nSPS) is 18.2. The zero-order chi connectivity index (χ0) is 14.0. The zero-order valence-corrected chi connectivity index (χ0v) is 11.4. The zero-order valence-electron chi connectivity index (χ0n) is 10.6. The number of hydrogen-bond donors (Lipinski definition) is 1. The van der Waals surface area contributed by atoms with Crippen molar-refractivity contribution < 1.29 is 14.0 Å². The lowest BCUT2D eigenvalue weighted by Crippen LogP contribution is -2.38. The lowest BCUT2D eigenvalue weighted by Gasteiger charge is -2.11.